The molecule has 0 unspecified atom stereocenters. The SMILES string of the molecule is CN(c1ccncc1)c1ccc(C(=O)N2CCN(C(=O)Nc3cc(Cl)ccc3Cl)CC2)cc1. The van der Waals surface area contributed by atoms with Crippen molar-refractivity contribution in [3.05, 3.63) is 82.6 Å². The van der Waals surface area contributed by atoms with Crippen LogP contribution in [0, 0.1) is 0 Å². The average molecular weight is 484 g/mol. The van der Waals surface area contributed by atoms with Crippen LogP contribution in [0.1, 0.15) is 10.4 Å². The van der Waals surface area contributed by atoms with Gasteiger partial charge in [0.1, 0.15) is 0 Å². The Bertz CT molecular complexity index is 1130. The number of urea groups is 1. The fourth-order valence-corrected chi connectivity index (χ4v) is 3.96. The first kappa shape index (κ1) is 22.9. The Labute approximate surface area is 202 Å². The van der Waals surface area contributed by atoms with Crippen molar-refractivity contribution in [2.75, 3.05) is 43.4 Å². The molecule has 1 aromatic heterocycles. The van der Waals surface area contributed by atoms with Crippen LogP contribution in [0.3, 0.4) is 0 Å². The predicted octanol–water partition coefficient (Wildman–Crippen LogP) is 5.15. The molecule has 0 radical (unpaired) electrons. The largest absolute Gasteiger partial charge is 0.345 e. The minimum Gasteiger partial charge on any atom is -0.345 e. The summed E-state index contributed by atoms with van der Waals surface area (Å²) in [6.07, 6.45) is 3.49. The minimum absolute atomic E-state index is 0.0499. The van der Waals surface area contributed by atoms with Gasteiger partial charge in [0.2, 0.25) is 0 Å². The molecule has 9 heteroatoms. The average Bonchev–Trinajstić information content (AvgIpc) is 2.86. The number of nitrogens with zero attached hydrogens (tertiary/aromatic N) is 4. The Morgan fingerprint density at radius 2 is 1.48 bits per heavy atom. The Morgan fingerprint density at radius 3 is 2.15 bits per heavy atom. The third-order valence-electron chi connectivity index (χ3n) is 5.58. The standard InChI is InChI=1S/C24H23Cl2N5O2/c1-29(20-8-10-27-11-9-20)19-5-2-17(3-6-19)23(32)30-12-14-31(15-13-30)24(33)28-22-16-18(25)4-7-21(22)26/h2-11,16H,12-15H2,1H3,(H,28,33). The van der Waals surface area contributed by atoms with Gasteiger partial charge >= 0.3 is 6.03 Å². The fourth-order valence-electron chi connectivity index (χ4n) is 3.63. The van der Waals surface area contributed by atoms with Crippen LogP contribution >= 0.6 is 23.2 Å². The fraction of sp³-hybridized carbons (Fsp3) is 0.208. The van der Waals surface area contributed by atoms with Crippen LogP contribution in [0.5, 0.6) is 0 Å². The molecule has 3 aromatic rings. The summed E-state index contributed by atoms with van der Waals surface area (Å²) in [6.45, 7) is 1.76. The van der Waals surface area contributed by atoms with Gasteiger partial charge in [-0.05, 0) is 54.6 Å². The van der Waals surface area contributed by atoms with Gasteiger partial charge < -0.3 is 20.0 Å². The van der Waals surface area contributed by atoms with Crippen molar-refractivity contribution in [3.8, 4) is 0 Å². The van der Waals surface area contributed by atoms with Crippen molar-refractivity contribution >= 4 is 52.2 Å². The number of hydrogen-bond acceptors (Lipinski definition) is 4. The first-order chi connectivity index (χ1) is 15.9. The topological polar surface area (TPSA) is 68.8 Å². The lowest BCUT2D eigenvalue weighted by Crippen LogP contribution is -2.51. The second-order valence-electron chi connectivity index (χ2n) is 7.64. The van der Waals surface area contributed by atoms with Crippen LogP contribution in [-0.4, -0.2) is 59.9 Å². The molecule has 0 atom stereocenters. The maximum absolute atomic E-state index is 13.0. The summed E-state index contributed by atoms with van der Waals surface area (Å²) in [4.78, 5) is 35.0. The smallest absolute Gasteiger partial charge is 0.322 e. The molecule has 1 N–H and O–H groups in total. The highest BCUT2D eigenvalue weighted by molar-refractivity contribution is 6.35. The van der Waals surface area contributed by atoms with E-state index in [0.29, 0.717) is 47.5 Å². The van der Waals surface area contributed by atoms with Crippen molar-refractivity contribution in [2.45, 2.75) is 0 Å². The normalized spacial score (nSPS) is 13.5. The third-order valence-corrected chi connectivity index (χ3v) is 6.14. The van der Waals surface area contributed by atoms with Crippen LogP contribution in [-0.2, 0) is 0 Å². The molecular weight excluding hydrogens is 461 g/mol. The molecule has 1 fully saturated rings. The molecule has 0 aliphatic carbocycles. The molecule has 170 valence electrons. The molecule has 2 heterocycles. The quantitative estimate of drug-likeness (QED) is 0.557. The lowest BCUT2D eigenvalue weighted by Gasteiger charge is -2.34. The number of amides is 3. The highest BCUT2D eigenvalue weighted by Crippen LogP contribution is 2.26. The molecule has 1 saturated heterocycles. The highest BCUT2D eigenvalue weighted by Gasteiger charge is 2.25. The van der Waals surface area contributed by atoms with E-state index in [0.717, 1.165) is 11.4 Å². The molecule has 3 amide bonds. The molecule has 4 rings (SSSR count). The molecule has 7 nitrogen and oxygen atoms in total. The first-order valence-corrected chi connectivity index (χ1v) is 11.2. The van der Waals surface area contributed by atoms with Gasteiger partial charge in [0, 0.05) is 67.6 Å². The molecule has 1 aliphatic heterocycles. The van der Waals surface area contributed by atoms with E-state index in [4.69, 9.17) is 23.2 Å². The highest BCUT2D eigenvalue weighted by atomic mass is 35.5. The number of hydrogen-bond donors (Lipinski definition) is 1. The molecule has 1 aliphatic rings. The van der Waals surface area contributed by atoms with Gasteiger partial charge in [0.25, 0.3) is 5.91 Å². The van der Waals surface area contributed by atoms with Gasteiger partial charge in [-0.2, -0.15) is 0 Å². The van der Waals surface area contributed by atoms with Gasteiger partial charge in [-0.3, -0.25) is 9.78 Å². The zero-order valence-electron chi connectivity index (χ0n) is 18.0. The van der Waals surface area contributed by atoms with E-state index in [9.17, 15) is 9.59 Å². The van der Waals surface area contributed by atoms with E-state index in [1.165, 1.54) is 0 Å². The summed E-state index contributed by atoms with van der Waals surface area (Å²) >= 11 is 12.1. The number of anilines is 3. The van der Waals surface area contributed by atoms with Crippen molar-refractivity contribution < 1.29 is 9.59 Å². The van der Waals surface area contributed by atoms with Crippen molar-refractivity contribution in [1.82, 2.24) is 14.8 Å². The number of aromatic nitrogens is 1. The summed E-state index contributed by atoms with van der Waals surface area (Å²) in [5, 5.41) is 3.69. The van der Waals surface area contributed by atoms with E-state index < -0.39 is 0 Å². The van der Waals surface area contributed by atoms with Gasteiger partial charge in [0.05, 0.1) is 10.7 Å². The summed E-state index contributed by atoms with van der Waals surface area (Å²) < 4.78 is 0. The Kier molecular flexibility index (Phi) is 7.01. The Balaban J connectivity index is 1.33. The van der Waals surface area contributed by atoms with Crippen LogP contribution in [0.25, 0.3) is 0 Å². The second kappa shape index (κ2) is 10.1. The van der Waals surface area contributed by atoms with Crippen molar-refractivity contribution in [3.63, 3.8) is 0 Å². The molecule has 33 heavy (non-hydrogen) atoms. The Morgan fingerprint density at radius 1 is 0.879 bits per heavy atom. The van der Waals surface area contributed by atoms with Gasteiger partial charge in [0.15, 0.2) is 0 Å². The van der Waals surface area contributed by atoms with Gasteiger partial charge in [-0.15, -0.1) is 0 Å². The van der Waals surface area contributed by atoms with Crippen LogP contribution in [0.4, 0.5) is 21.9 Å². The molecular formula is C24H23Cl2N5O2. The second-order valence-corrected chi connectivity index (χ2v) is 8.49. The maximum atomic E-state index is 13.0. The number of halogens is 2. The van der Waals surface area contributed by atoms with Gasteiger partial charge in [-0.1, -0.05) is 23.2 Å². The summed E-state index contributed by atoms with van der Waals surface area (Å²) in [5.74, 6) is -0.0499. The summed E-state index contributed by atoms with van der Waals surface area (Å²) in [6, 6.07) is 16.0. The van der Waals surface area contributed by atoms with Crippen LogP contribution in [0.2, 0.25) is 10.0 Å². The molecule has 2 aromatic carbocycles. The summed E-state index contributed by atoms with van der Waals surface area (Å²) in [7, 11) is 1.97. The molecule has 0 bridgehead atoms. The first-order valence-electron chi connectivity index (χ1n) is 10.5. The van der Waals surface area contributed by atoms with Gasteiger partial charge in [-0.25, -0.2) is 4.79 Å². The van der Waals surface area contributed by atoms with E-state index >= 15 is 0 Å². The van der Waals surface area contributed by atoms with Crippen molar-refractivity contribution in [1.29, 1.82) is 0 Å². The number of carbonyl (C=O) groups excluding carboxylic acids is 2. The van der Waals surface area contributed by atoms with Crippen molar-refractivity contribution in [2.24, 2.45) is 0 Å². The minimum atomic E-state index is -0.269. The zero-order chi connectivity index (χ0) is 23.4. The number of nitrogens with one attached hydrogen (secondary N) is 1. The van der Waals surface area contributed by atoms with E-state index in [1.54, 1.807) is 40.4 Å². The molecule has 0 saturated carbocycles. The lowest BCUT2D eigenvalue weighted by atomic mass is 10.1. The zero-order valence-corrected chi connectivity index (χ0v) is 19.6. The number of pyridine rings is 1. The number of benzene rings is 2. The number of piperazine rings is 1. The predicted molar refractivity (Wildman–Crippen MR) is 132 cm³/mol. The monoisotopic (exact) mass is 483 g/mol. The van der Waals surface area contributed by atoms with E-state index in [2.05, 4.69) is 10.3 Å². The third kappa shape index (κ3) is 5.38. The Hall–Kier alpha value is -3.29. The maximum Gasteiger partial charge on any atom is 0.322 e. The van der Waals surface area contributed by atoms with Crippen LogP contribution in [0.15, 0.2) is 67.0 Å². The number of carbonyl (C=O) groups is 2. The molecule has 0 spiro atoms. The van der Waals surface area contributed by atoms with E-state index in [-0.39, 0.29) is 11.9 Å². The lowest BCUT2D eigenvalue weighted by molar-refractivity contribution is 0.0671. The van der Waals surface area contributed by atoms with E-state index in [1.807, 2.05) is 48.3 Å². The number of rotatable bonds is 4. The summed E-state index contributed by atoms with van der Waals surface area (Å²) in [5.41, 5.74) is 3.06. The van der Waals surface area contributed by atoms with Crippen LogP contribution < -0.4 is 10.2 Å².